The molecule has 0 atom stereocenters. The second-order valence-corrected chi connectivity index (χ2v) is 17.2. The third-order valence-electron chi connectivity index (χ3n) is 13.3. The van der Waals surface area contributed by atoms with Crippen LogP contribution in [0.15, 0.2) is 302 Å². The summed E-state index contributed by atoms with van der Waals surface area (Å²) in [5.41, 5.74) is 6.81. The molecule has 0 saturated carbocycles. The van der Waals surface area contributed by atoms with Gasteiger partial charge in [-0.3, -0.25) is 0 Å². The Hall–Kier alpha value is -9.24. The minimum absolute atomic E-state index is 0.00718. The molecule has 0 amide bonds. The number of benzene rings is 9. The standard InChI is InChI=1S/C69H51NO/c1-5-56(29-21-24-53-47-52-23-13-14-30-58(52)61-32-16-15-31-59(53)61)70(46-45-66-57(6-2)62-33-17-19-37-65(62)69(66,54-25-9-7-10-26-54)55-27-11-8-12-28-55)49(4)40-39-48(3)50-41-43-51(44-42-50)60-35-22-36-64-63-34-18-20-38-67(63)71-68(60)64/h5-47H,1-4H2/b24-21+,40-39-,46-45+,56-29+/i3D,4D,39D,40D,41D,42D,43D,44D/b24-21+,40-39-,46-45+,48-3?,49-4?,56-29+. The monoisotopic (exact) mass is 917 g/mol. The van der Waals surface area contributed by atoms with E-state index in [2.05, 4.69) is 79.9 Å². The fraction of sp³-hybridized carbons (Fsp3) is 0.0145. The molecule has 1 aliphatic carbocycles. The van der Waals surface area contributed by atoms with Gasteiger partial charge in [0, 0.05) is 33.9 Å². The lowest BCUT2D eigenvalue weighted by molar-refractivity contribution is 0.613. The summed E-state index contributed by atoms with van der Waals surface area (Å²) in [7, 11) is 0. The Morgan fingerprint density at radius 2 is 1.25 bits per heavy atom. The van der Waals surface area contributed by atoms with Crippen LogP contribution in [-0.4, -0.2) is 4.90 Å². The maximum Gasteiger partial charge on any atom is 0.143 e. The number of nitrogens with zero attached hydrogens (tertiary/aromatic N) is 1. The summed E-state index contributed by atoms with van der Waals surface area (Å²) in [5.74, 6) is 0. The Bertz CT molecular complexity index is 4260. The molecule has 10 aromatic rings. The summed E-state index contributed by atoms with van der Waals surface area (Å²) >= 11 is 0. The lowest BCUT2D eigenvalue weighted by Crippen LogP contribution is -2.29. The van der Waals surface area contributed by atoms with E-state index in [0.29, 0.717) is 22.4 Å². The van der Waals surface area contributed by atoms with Crippen LogP contribution in [0.3, 0.4) is 0 Å². The molecule has 11 rings (SSSR count). The molecule has 0 N–H and O–H groups in total. The first-order valence-electron chi connectivity index (χ1n) is 27.6. The first-order valence-corrected chi connectivity index (χ1v) is 23.4. The summed E-state index contributed by atoms with van der Waals surface area (Å²) in [6.07, 6.45) is 12.9. The Balaban J connectivity index is 1.08. The van der Waals surface area contributed by atoms with Crippen molar-refractivity contribution in [1.82, 2.24) is 4.90 Å². The SMILES string of the molecule is [2H]C=C(/C([2H])=C(/[2H])C(=C[2H])N(/C=C/C1=C(C=C)c2ccccc2C1(c1ccccc1)c1ccccc1)/C(C=C)=C/C=C/c1cc2ccccc2c2ccccc12)c1c([2H])c([2H])c(-c2cccc3c2oc2ccccc23)c([2H])c1[2H]. The first kappa shape index (κ1) is 35.8. The summed E-state index contributed by atoms with van der Waals surface area (Å²) < 4.78 is 81.0. The van der Waals surface area contributed by atoms with Gasteiger partial charge in [0.1, 0.15) is 11.2 Å². The molecule has 71 heavy (non-hydrogen) atoms. The Kier molecular flexibility index (Phi) is 9.61. The number of allylic oxidation sites excluding steroid dienone is 10. The fourth-order valence-electron chi connectivity index (χ4n) is 10.1. The fourth-order valence-corrected chi connectivity index (χ4v) is 10.1. The second-order valence-electron chi connectivity index (χ2n) is 17.2. The van der Waals surface area contributed by atoms with Crippen molar-refractivity contribution in [2.75, 3.05) is 0 Å². The van der Waals surface area contributed by atoms with Crippen molar-refractivity contribution in [3.05, 3.63) is 331 Å². The highest BCUT2D eigenvalue weighted by Crippen LogP contribution is 2.55. The summed E-state index contributed by atoms with van der Waals surface area (Å²) in [4.78, 5) is 1.60. The third kappa shape index (κ3) is 7.92. The van der Waals surface area contributed by atoms with E-state index in [1.807, 2.05) is 134 Å². The molecule has 0 aliphatic heterocycles. The lowest BCUT2D eigenvalue weighted by Gasteiger charge is -2.35. The smallest absolute Gasteiger partial charge is 0.143 e. The molecule has 0 unspecified atom stereocenters. The van der Waals surface area contributed by atoms with E-state index in [4.69, 9.17) is 7.16 Å². The van der Waals surface area contributed by atoms with E-state index < -0.39 is 41.7 Å². The van der Waals surface area contributed by atoms with Crippen molar-refractivity contribution in [2.24, 2.45) is 0 Å². The van der Waals surface area contributed by atoms with Gasteiger partial charge in [0.2, 0.25) is 0 Å². The van der Waals surface area contributed by atoms with Crippen LogP contribution in [0.5, 0.6) is 0 Å². The van der Waals surface area contributed by atoms with Gasteiger partial charge in [-0.25, -0.2) is 0 Å². The van der Waals surface area contributed by atoms with Gasteiger partial charge < -0.3 is 9.32 Å². The van der Waals surface area contributed by atoms with E-state index in [9.17, 15) is 8.22 Å². The van der Waals surface area contributed by atoms with Gasteiger partial charge >= 0.3 is 0 Å². The number of furan rings is 1. The third-order valence-corrected chi connectivity index (χ3v) is 13.3. The number of hydrogen-bond donors (Lipinski definition) is 0. The van der Waals surface area contributed by atoms with Crippen molar-refractivity contribution >= 4 is 60.7 Å². The molecule has 2 nitrogen and oxygen atoms in total. The van der Waals surface area contributed by atoms with Gasteiger partial charge in [0.25, 0.3) is 0 Å². The molecule has 0 radical (unpaired) electrons. The van der Waals surface area contributed by atoms with Crippen LogP contribution in [0.1, 0.15) is 44.3 Å². The predicted molar refractivity (Wildman–Crippen MR) is 303 cm³/mol. The van der Waals surface area contributed by atoms with Crippen molar-refractivity contribution in [3.63, 3.8) is 0 Å². The van der Waals surface area contributed by atoms with Crippen LogP contribution in [0.25, 0.3) is 71.8 Å². The highest BCUT2D eigenvalue weighted by atomic mass is 16.3. The average molecular weight is 918 g/mol. The normalized spacial score (nSPS) is 16.0. The second kappa shape index (κ2) is 19.0. The highest BCUT2D eigenvalue weighted by molar-refractivity contribution is 6.11. The van der Waals surface area contributed by atoms with E-state index >= 15 is 0 Å². The van der Waals surface area contributed by atoms with Crippen molar-refractivity contribution in [3.8, 4) is 11.1 Å². The van der Waals surface area contributed by atoms with E-state index in [0.717, 1.165) is 84.4 Å². The zero-order valence-electron chi connectivity index (χ0n) is 46.8. The Labute approximate surface area is 427 Å². The van der Waals surface area contributed by atoms with Gasteiger partial charge in [-0.2, -0.15) is 0 Å². The molecule has 9 aromatic carbocycles. The number of rotatable bonds is 14. The highest BCUT2D eigenvalue weighted by Gasteiger charge is 2.46. The number of fused-ring (bicyclic) bond motifs is 7. The van der Waals surface area contributed by atoms with Crippen LogP contribution in [0.2, 0.25) is 0 Å². The summed E-state index contributed by atoms with van der Waals surface area (Å²) in [6, 6.07) is 57.2. The largest absolute Gasteiger partial charge is 0.455 e. The summed E-state index contributed by atoms with van der Waals surface area (Å²) in [5, 5.41) is 5.95. The molecule has 0 spiro atoms. The maximum absolute atomic E-state index is 9.85. The molecule has 0 fully saturated rings. The average Bonchev–Trinajstić information content (AvgIpc) is 4.24. The summed E-state index contributed by atoms with van der Waals surface area (Å²) in [6.45, 7) is 10.3. The predicted octanol–water partition coefficient (Wildman–Crippen LogP) is 18.2. The van der Waals surface area contributed by atoms with Crippen molar-refractivity contribution < 1.29 is 15.4 Å². The van der Waals surface area contributed by atoms with Gasteiger partial charge in [0.05, 0.1) is 16.4 Å². The van der Waals surface area contributed by atoms with E-state index in [1.165, 1.54) is 0 Å². The molecule has 1 aromatic heterocycles. The van der Waals surface area contributed by atoms with Crippen LogP contribution >= 0.6 is 0 Å². The van der Waals surface area contributed by atoms with Gasteiger partial charge in [-0.15, -0.1) is 0 Å². The lowest BCUT2D eigenvalue weighted by atomic mass is 9.67. The topological polar surface area (TPSA) is 16.4 Å². The zero-order valence-corrected chi connectivity index (χ0v) is 38.8. The van der Waals surface area contributed by atoms with Crippen LogP contribution in [-0.2, 0) is 5.41 Å². The van der Waals surface area contributed by atoms with Crippen LogP contribution in [0, 0.1) is 0 Å². The first-order chi connectivity index (χ1) is 38.6. The Morgan fingerprint density at radius 3 is 1.99 bits per heavy atom. The molecule has 1 aliphatic rings. The van der Waals surface area contributed by atoms with E-state index in [-0.39, 0.29) is 22.4 Å². The zero-order chi connectivity index (χ0) is 55.0. The molecule has 338 valence electrons. The molecule has 0 saturated heterocycles. The molecule has 0 bridgehead atoms. The quantitative estimate of drug-likeness (QED) is 0.0798. The minimum Gasteiger partial charge on any atom is -0.455 e. The maximum atomic E-state index is 9.85. The molecule has 1 heterocycles. The van der Waals surface area contributed by atoms with Crippen molar-refractivity contribution in [1.29, 1.82) is 0 Å². The van der Waals surface area contributed by atoms with Gasteiger partial charge in [-0.1, -0.05) is 245 Å². The Morgan fingerprint density at radius 1 is 0.606 bits per heavy atom. The minimum atomic E-state index is -0.870. The van der Waals surface area contributed by atoms with Crippen LogP contribution < -0.4 is 0 Å². The number of hydrogen-bond acceptors (Lipinski definition) is 2. The molecule has 2 heteroatoms. The van der Waals surface area contributed by atoms with Crippen LogP contribution in [0.4, 0.5) is 0 Å². The van der Waals surface area contributed by atoms with E-state index in [1.54, 1.807) is 29.3 Å². The molecular formula is C69H51NO. The molecular weight excluding hydrogens is 859 g/mol. The number of para-hydroxylation sites is 2. The van der Waals surface area contributed by atoms with Gasteiger partial charge in [-0.05, 0) is 114 Å². The van der Waals surface area contributed by atoms with Gasteiger partial charge in [0.15, 0.2) is 0 Å². The van der Waals surface area contributed by atoms with Crippen molar-refractivity contribution in [2.45, 2.75) is 5.41 Å².